The van der Waals surface area contributed by atoms with Gasteiger partial charge in [0.1, 0.15) is 11.9 Å². The van der Waals surface area contributed by atoms with Gasteiger partial charge in [-0.15, -0.1) is 0 Å². The highest BCUT2D eigenvalue weighted by molar-refractivity contribution is 5.34. The van der Waals surface area contributed by atoms with Gasteiger partial charge in [-0.1, -0.05) is 12.1 Å². The first-order chi connectivity index (χ1) is 9.28. The minimum Gasteiger partial charge on any atom is -0.308 e. The molecule has 19 heavy (non-hydrogen) atoms. The van der Waals surface area contributed by atoms with Crippen molar-refractivity contribution in [2.45, 2.75) is 25.4 Å². The number of hydrogen-bond acceptors (Lipinski definition) is 3. The van der Waals surface area contributed by atoms with Gasteiger partial charge in [0.05, 0.1) is 5.56 Å². The smallest absolute Gasteiger partial charge is 0.145 e. The van der Waals surface area contributed by atoms with E-state index < -0.39 is 0 Å². The van der Waals surface area contributed by atoms with Crippen molar-refractivity contribution in [3.8, 4) is 6.07 Å². The Morgan fingerprint density at radius 1 is 1.37 bits per heavy atom. The van der Waals surface area contributed by atoms with Gasteiger partial charge in [-0.3, -0.25) is 0 Å². The molecule has 0 aliphatic carbocycles. The second-order valence-electron chi connectivity index (χ2n) is 5.52. The number of benzene rings is 1. The first-order valence-electron chi connectivity index (χ1n) is 6.91. The minimum atomic E-state index is -0.376. The molecule has 3 fully saturated rings. The van der Waals surface area contributed by atoms with Gasteiger partial charge in [-0.25, -0.2) is 4.39 Å². The second-order valence-corrected chi connectivity index (χ2v) is 5.52. The summed E-state index contributed by atoms with van der Waals surface area (Å²) in [5, 5.41) is 12.3. The van der Waals surface area contributed by atoms with Gasteiger partial charge in [0.25, 0.3) is 0 Å². The van der Waals surface area contributed by atoms with Crippen LogP contribution in [0.4, 0.5) is 4.39 Å². The number of halogens is 1. The van der Waals surface area contributed by atoms with Crippen LogP contribution in [0.2, 0.25) is 0 Å². The summed E-state index contributed by atoms with van der Waals surface area (Å²) in [4.78, 5) is 2.47. The Hall–Kier alpha value is -1.44. The molecule has 1 atom stereocenters. The van der Waals surface area contributed by atoms with Crippen molar-refractivity contribution >= 4 is 0 Å². The average Bonchev–Trinajstić information content (AvgIpc) is 2.47. The van der Waals surface area contributed by atoms with Crippen molar-refractivity contribution in [3.63, 3.8) is 0 Å². The predicted octanol–water partition coefficient (Wildman–Crippen LogP) is 1.88. The average molecular weight is 259 g/mol. The molecule has 1 aromatic carbocycles. The maximum Gasteiger partial charge on any atom is 0.145 e. The molecule has 1 N–H and O–H groups in total. The van der Waals surface area contributed by atoms with Gasteiger partial charge in [0, 0.05) is 24.7 Å². The highest BCUT2D eigenvalue weighted by Gasteiger charge is 2.33. The lowest BCUT2D eigenvalue weighted by Crippen LogP contribution is -2.55. The van der Waals surface area contributed by atoms with Gasteiger partial charge >= 0.3 is 0 Å². The van der Waals surface area contributed by atoms with Crippen LogP contribution in [0, 0.1) is 23.1 Å². The molecule has 0 spiro atoms. The lowest BCUT2D eigenvalue weighted by atomic mass is 9.84. The van der Waals surface area contributed by atoms with Crippen molar-refractivity contribution < 1.29 is 4.39 Å². The molecule has 3 aliphatic heterocycles. The summed E-state index contributed by atoms with van der Waals surface area (Å²) < 4.78 is 13.9. The minimum absolute atomic E-state index is 0.133. The van der Waals surface area contributed by atoms with Crippen molar-refractivity contribution in [2.75, 3.05) is 19.6 Å². The van der Waals surface area contributed by atoms with E-state index in [-0.39, 0.29) is 11.4 Å². The molecular weight excluding hydrogens is 241 g/mol. The number of piperidine rings is 3. The summed E-state index contributed by atoms with van der Waals surface area (Å²) in [6.45, 7) is 4.00. The van der Waals surface area contributed by atoms with Crippen molar-refractivity contribution in [1.82, 2.24) is 10.2 Å². The number of hydrogen-bond donors (Lipinski definition) is 1. The number of nitrogens with zero attached hydrogens (tertiary/aromatic N) is 2. The van der Waals surface area contributed by atoms with E-state index in [2.05, 4.69) is 10.2 Å². The number of nitriles is 1. The monoisotopic (exact) mass is 259 g/mol. The van der Waals surface area contributed by atoms with E-state index in [1.54, 1.807) is 12.1 Å². The Morgan fingerprint density at radius 3 is 2.79 bits per heavy atom. The maximum absolute atomic E-state index is 13.9. The van der Waals surface area contributed by atoms with Crippen LogP contribution in [0.25, 0.3) is 0 Å². The fourth-order valence-electron chi connectivity index (χ4n) is 3.24. The van der Waals surface area contributed by atoms with Crippen LogP contribution >= 0.6 is 0 Å². The topological polar surface area (TPSA) is 39.1 Å². The number of fused-ring (bicyclic) bond motifs is 3. The largest absolute Gasteiger partial charge is 0.308 e. The van der Waals surface area contributed by atoms with E-state index in [0.29, 0.717) is 18.2 Å². The molecule has 3 heterocycles. The second kappa shape index (κ2) is 5.28. The SMILES string of the molecule is N#Cc1cccc(CNC2CN3CCC2CC3)c1F. The van der Waals surface area contributed by atoms with Crippen LogP contribution in [-0.4, -0.2) is 30.6 Å². The molecule has 3 nitrogen and oxygen atoms in total. The molecule has 4 rings (SSSR count). The maximum atomic E-state index is 13.9. The molecule has 0 aromatic heterocycles. The molecule has 0 amide bonds. The van der Waals surface area contributed by atoms with Crippen LogP contribution in [0.15, 0.2) is 18.2 Å². The Labute approximate surface area is 113 Å². The lowest BCUT2D eigenvalue weighted by Gasteiger charge is -2.45. The van der Waals surface area contributed by atoms with E-state index in [1.807, 2.05) is 6.07 Å². The fraction of sp³-hybridized carbons (Fsp3) is 0.533. The molecule has 100 valence electrons. The van der Waals surface area contributed by atoms with Crippen molar-refractivity contribution in [2.24, 2.45) is 5.92 Å². The van der Waals surface area contributed by atoms with E-state index in [1.165, 1.54) is 32.0 Å². The van der Waals surface area contributed by atoms with Gasteiger partial charge < -0.3 is 10.2 Å². The van der Waals surface area contributed by atoms with Crippen LogP contribution in [-0.2, 0) is 6.54 Å². The summed E-state index contributed by atoms with van der Waals surface area (Å²) in [5.74, 6) is 0.353. The van der Waals surface area contributed by atoms with Gasteiger partial charge in [-0.2, -0.15) is 5.26 Å². The Bertz CT molecular complexity index is 501. The molecule has 0 radical (unpaired) electrons. The third-order valence-corrected chi connectivity index (χ3v) is 4.41. The molecule has 3 aliphatic rings. The van der Waals surface area contributed by atoms with Gasteiger partial charge in [0.15, 0.2) is 0 Å². The zero-order valence-corrected chi connectivity index (χ0v) is 10.9. The Balaban J connectivity index is 1.65. The van der Waals surface area contributed by atoms with Crippen LogP contribution in [0.3, 0.4) is 0 Å². The number of nitrogens with one attached hydrogen (secondary N) is 1. The van der Waals surface area contributed by atoms with Crippen molar-refractivity contribution in [3.05, 3.63) is 35.1 Å². The molecular formula is C15H18FN3. The van der Waals surface area contributed by atoms with E-state index >= 15 is 0 Å². The van der Waals surface area contributed by atoms with E-state index in [4.69, 9.17) is 5.26 Å². The van der Waals surface area contributed by atoms with Crippen LogP contribution < -0.4 is 5.32 Å². The first kappa shape index (κ1) is 12.6. The zero-order chi connectivity index (χ0) is 13.2. The van der Waals surface area contributed by atoms with Gasteiger partial charge in [-0.05, 0) is 37.9 Å². The summed E-state index contributed by atoms with van der Waals surface area (Å²) >= 11 is 0. The van der Waals surface area contributed by atoms with Crippen molar-refractivity contribution in [1.29, 1.82) is 5.26 Å². The lowest BCUT2D eigenvalue weighted by molar-refractivity contribution is 0.0718. The Morgan fingerprint density at radius 2 is 2.16 bits per heavy atom. The van der Waals surface area contributed by atoms with Crippen LogP contribution in [0.5, 0.6) is 0 Å². The molecule has 1 aromatic rings. The summed E-state index contributed by atoms with van der Waals surface area (Å²) in [7, 11) is 0. The Kier molecular flexibility index (Phi) is 3.50. The summed E-state index contributed by atoms with van der Waals surface area (Å²) in [6.07, 6.45) is 2.50. The predicted molar refractivity (Wildman–Crippen MR) is 70.9 cm³/mol. The highest BCUT2D eigenvalue weighted by atomic mass is 19.1. The van der Waals surface area contributed by atoms with Crippen LogP contribution in [0.1, 0.15) is 24.0 Å². The molecule has 0 saturated carbocycles. The van der Waals surface area contributed by atoms with E-state index in [0.717, 1.165) is 12.5 Å². The number of rotatable bonds is 3. The molecule has 3 saturated heterocycles. The first-order valence-corrected chi connectivity index (χ1v) is 6.91. The fourth-order valence-corrected chi connectivity index (χ4v) is 3.24. The summed E-state index contributed by atoms with van der Waals surface area (Å²) in [5.41, 5.74) is 0.726. The normalized spacial score (nSPS) is 29.2. The third kappa shape index (κ3) is 2.49. The quantitative estimate of drug-likeness (QED) is 0.901. The molecule has 4 heteroatoms. The summed E-state index contributed by atoms with van der Waals surface area (Å²) in [6, 6.07) is 7.38. The highest BCUT2D eigenvalue weighted by Crippen LogP contribution is 2.27. The van der Waals surface area contributed by atoms with Gasteiger partial charge in [0.2, 0.25) is 0 Å². The molecule has 2 bridgehead atoms. The zero-order valence-electron chi connectivity index (χ0n) is 10.9. The standard InChI is InChI=1S/C15H18FN3/c16-15-12(8-17)2-1-3-13(15)9-18-14-10-19-6-4-11(14)5-7-19/h1-3,11,14,18H,4-7,9-10H2. The third-order valence-electron chi connectivity index (χ3n) is 4.41. The molecule has 1 unspecified atom stereocenters. The van der Waals surface area contributed by atoms with E-state index in [9.17, 15) is 4.39 Å².